The highest BCUT2D eigenvalue weighted by atomic mass is 35.5. The van der Waals surface area contributed by atoms with Crippen LogP contribution >= 0.6 is 23.8 Å². The second-order valence-electron chi connectivity index (χ2n) is 5.28. The summed E-state index contributed by atoms with van der Waals surface area (Å²) in [5, 5.41) is 21.8. The number of nitro benzene ring substituents is 1. The molecule has 1 aromatic heterocycles. The summed E-state index contributed by atoms with van der Waals surface area (Å²) in [7, 11) is 0. The van der Waals surface area contributed by atoms with Gasteiger partial charge in [0.2, 0.25) is 4.77 Å². The van der Waals surface area contributed by atoms with Crippen LogP contribution in [0, 0.1) is 14.9 Å². The average molecular weight is 426 g/mol. The zero-order chi connectivity index (χ0) is 20.3. The summed E-state index contributed by atoms with van der Waals surface area (Å²) in [5.74, 6) is 0.310. The van der Waals surface area contributed by atoms with Gasteiger partial charge in [0.05, 0.1) is 11.1 Å². The largest absolute Gasteiger partial charge is 0.435 e. The molecule has 0 saturated carbocycles. The van der Waals surface area contributed by atoms with Gasteiger partial charge in [-0.1, -0.05) is 17.7 Å². The molecule has 3 rings (SSSR count). The molecule has 8 nitrogen and oxygen atoms in total. The Balaban J connectivity index is 1.91. The predicted octanol–water partition coefficient (Wildman–Crippen LogP) is 4.65. The topological polar surface area (TPSA) is 98.3 Å². The first kappa shape index (κ1) is 19.6. The molecule has 0 amide bonds. The van der Waals surface area contributed by atoms with E-state index in [2.05, 4.69) is 20.0 Å². The molecule has 144 valence electrons. The third kappa shape index (κ3) is 4.38. The molecule has 0 saturated heterocycles. The minimum absolute atomic E-state index is 0.00333. The van der Waals surface area contributed by atoms with Crippen LogP contribution in [-0.4, -0.2) is 32.6 Å². The molecule has 0 radical (unpaired) electrons. The summed E-state index contributed by atoms with van der Waals surface area (Å²) < 4.78 is 30.3. The Bertz CT molecular complexity index is 1100. The van der Waals surface area contributed by atoms with Gasteiger partial charge in [0, 0.05) is 17.2 Å². The fraction of sp³-hybridized carbons (Fsp3) is 0.0625. The molecule has 1 N–H and O–H groups in total. The van der Waals surface area contributed by atoms with Gasteiger partial charge in [-0.15, -0.1) is 0 Å². The maximum Gasteiger partial charge on any atom is 0.387 e. The van der Waals surface area contributed by atoms with Gasteiger partial charge in [-0.25, -0.2) is 5.10 Å². The van der Waals surface area contributed by atoms with Gasteiger partial charge in [0.15, 0.2) is 5.82 Å². The van der Waals surface area contributed by atoms with Crippen LogP contribution in [0.25, 0.3) is 11.4 Å². The third-order valence-electron chi connectivity index (χ3n) is 3.48. The van der Waals surface area contributed by atoms with E-state index in [1.54, 1.807) is 6.07 Å². The maximum absolute atomic E-state index is 12.2. The van der Waals surface area contributed by atoms with Crippen LogP contribution in [0.1, 0.15) is 5.56 Å². The Hall–Kier alpha value is -3.18. The number of hydrogen-bond acceptors (Lipinski definition) is 6. The van der Waals surface area contributed by atoms with Crippen molar-refractivity contribution in [1.29, 1.82) is 0 Å². The fourth-order valence-electron chi connectivity index (χ4n) is 2.25. The van der Waals surface area contributed by atoms with Crippen molar-refractivity contribution >= 4 is 35.7 Å². The number of alkyl halides is 2. The maximum atomic E-state index is 12.2. The number of nitrogens with zero attached hydrogens (tertiary/aromatic N) is 4. The number of hydrogen-bond donors (Lipinski definition) is 1. The van der Waals surface area contributed by atoms with Crippen molar-refractivity contribution in [2.24, 2.45) is 5.10 Å². The molecule has 0 unspecified atom stereocenters. The molecular formula is C16H10ClF2N5O3S. The molecule has 0 aliphatic heterocycles. The molecule has 0 aliphatic carbocycles. The van der Waals surface area contributed by atoms with Gasteiger partial charge >= 0.3 is 6.61 Å². The van der Waals surface area contributed by atoms with Crippen molar-refractivity contribution in [3.8, 4) is 17.1 Å². The molecule has 28 heavy (non-hydrogen) atoms. The van der Waals surface area contributed by atoms with E-state index in [0.29, 0.717) is 17.0 Å². The average Bonchev–Trinajstić information content (AvgIpc) is 3.01. The van der Waals surface area contributed by atoms with Crippen LogP contribution in [0.15, 0.2) is 47.6 Å². The van der Waals surface area contributed by atoms with E-state index in [1.165, 1.54) is 47.3 Å². The lowest BCUT2D eigenvalue weighted by Crippen LogP contribution is -2.01. The number of nitrogens with one attached hydrogen (secondary N) is 1. The van der Waals surface area contributed by atoms with Crippen molar-refractivity contribution in [1.82, 2.24) is 14.9 Å². The summed E-state index contributed by atoms with van der Waals surface area (Å²) in [6, 6.07) is 9.96. The van der Waals surface area contributed by atoms with Crippen molar-refractivity contribution in [3.63, 3.8) is 0 Å². The lowest BCUT2D eigenvalue weighted by Gasteiger charge is -2.05. The first-order valence-corrected chi connectivity index (χ1v) is 8.35. The van der Waals surface area contributed by atoms with Crippen LogP contribution in [0.2, 0.25) is 5.02 Å². The van der Waals surface area contributed by atoms with Gasteiger partial charge < -0.3 is 4.74 Å². The number of H-pyrrole nitrogens is 1. The Morgan fingerprint density at radius 3 is 2.68 bits per heavy atom. The Labute approximate surface area is 166 Å². The Morgan fingerprint density at radius 1 is 1.32 bits per heavy atom. The van der Waals surface area contributed by atoms with Crippen molar-refractivity contribution in [2.45, 2.75) is 6.61 Å². The summed E-state index contributed by atoms with van der Waals surface area (Å²) in [4.78, 5) is 10.4. The Morgan fingerprint density at radius 2 is 2.04 bits per heavy atom. The van der Waals surface area contributed by atoms with Crippen molar-refractivity contribution < 1.29 is 18.4 Å². The highest BCUT2D eigenvalue weighted by Crippen LogP contribution is 2.25. The number of nitro groups is 1. The molecule has 0 spiro atoms. The van der Waals surface area contributed by atoms with E-state index in [4.69, 9.17) is 23.8 Å². The lowest BCUT2D eigenvalue weighted by atomic mass is 10.2. The van der Waals surface area contributed by atoms with E-state index in [1.807, 2.05) is 0 Å². The van der Waals surface area contributed by atoms with E-state index in [-0.39, 0.29) is 21.2 Å². The zero-order valence-corrected chi connectivity index (χ0v) is 15.3. The summed E-state index contributed by atoms with van der Waals surface area (Å²) in [6.45, 7) is -2.92. The minimum atomic E-state index is -2.92. The van der Waals surface area contributed by atoms with Crippen LogP contribution < -0.4 is 4.74 Å². The number of benzene rings is 2. The van der Waals surface area contributed by atoms with Gasteiger partial charge in [0.1, 0.15) is 10.8 Å². The van der Waals surface area contributed by atoms with Crippen LogP contribution in [0.4, 0.5) is 14.5 Å². The highest BCUT2D eigenvalue weighted by Gasteiger charge is 2.13. The molecule has 3 aromatic rings. The predicted molar refractivity (Wildman–Crippen MR) is 101 cm³/mol. The number of aromatic nitrogens is 3. The smallest absolute Gasteiger partial charge is 0.387 e. The molecule has 0 aliphatic rings. The number of rotatable bonds is 6. The number of halogens is 3. The SMILES string of the molecule is O=[N+]([O-])c1cc(C=Nn2c(-c3ccc(OC(F)F)cc3)n[nH]c2=S)ccc1Cl. The standard InChI is InChI=1S/C16H10ClF2N5O3S/c17-12-6-1-9(7-13(12)24(25)26)8-20-23-14(21-22-16(23)28)10-2-4-11(5-3-10)27-15(18)19/h1-8,15H,(H,22,28). The molecule has 12 heteroatoms. The monoisotopic (exact) mass is 425 g/mol. The van der Waals surface area contributed by atoms with E-state index in [0.717, 1.165) is 0 Å². The van der Waals surface area contributed by atoms with Crippen molar-refractivity contribution in [3.05, 3.63) is 67.9 Å². The van der Waals surface area contributed by atoms with Crippen molar-refractivity contribution in [2.75, 3.05) is 0 Å². The van der Waals surface area contributed by atoms with E-state index >= 15 is 0 Å². The second-order valence-corrected chi connectivity index (χ2v) is 6.07. The Kier molecular flexibility index (Phi) is 5.76. The van der Waals surface area contributed by atoms with Crippen LogP contribution in [-0.2, 0) is 0 Å². The number of aromatic amines is 1. The van der Waals surface area contributed by atoms with Gasteiger partial charge in [-0.05, 0) is 42.5 Å². The van der Waals surface area contributed by atoms with Crippen LogP contribution in [0.5, 0.6) is 5.75 Å². The summed E-state index contributed by atoms with van der Waals surface area (Å²) in [5.41, 5.74) is 0.704. The first-order valence-electron chi connectivity index (χ1n) is 7.56. The zero-order valence-electron chi connectivity index (χ0n) is 13.8. The third-order valence-corrected chi connectivity index (χ3v) is 4.06. The van der Waals surface area contributed by atoms with Gasteiger partial charge in [-0.2, -0.15) is 23.7 Å². The molecule has 0 bridgehead atoms. The van der Waals surface area contributed by atoms with Gasteiger partial charge in [0.25, 0.3) is 5.69 Å². The highest BCUT2D eigenvalue weighted by molar-refractivity contribution is 7.71. The molecular weight excluding hydrogens is 416 g/mol. The van der Waals surface area contributed by atoms with E-state index < -0.39 is 11.5 Å². The molecule has 0 atom stereocenters. The van der Waals surface area contributed by atoms with Crippen LogP contribution in [0.3, 0.4) is 0 Å². The molecule has 1 heterocycles. The summed E-state index contributed by atoms with van der Waals surface area (Å²) >= 11 is 10.9. The summed E-state index contributed by atoms with van der Waals surface area (Å²) in [6.07, 6.45) is 1.35. The quantitative estimate of drug-likeness (QED) is 0.268. The van der Waals surface area contributed by atoms with Gasteiger partial charge in [-0.3, -0.25) is 10.1 Å². The fourth-order valence-corrected chi connectivity index (χ4v) is 2.61. The normalized spacial score (nSPS) is 11.3. The molecule has 0 fully saturated rings. The minimum Gasteiger partial charge on any atom is -0.435 e. The number of ether oxygens (including phenoxy) is 1. The molecule has 2 aromatic carbocycles. The van der Waals surface area contributed by atoms with E-state index in [9.17, 15) is 18.9 Å². The second kappa shape index (κ2) is 8.23. The first-order chi connectivity index (χ1) is 13.3. The lowest BCUT2D eigenvalue weighted by molar-refractivity contribution is -0.384.